The molecule has 1 aromatic heterocycles. The highest BCUT2D eigenvalue weighted by atomic mass is 35.5. The minimum Gasteiger partial charge on any atom is -0.482 e. The van der Waals surface area contributed by atoms with E-state index in [2.05, 4.69) is 5.32 Å². The van der Waals surface area contributed by atoms with Crippen LogP contribution in [0.2, 0.25) is 5.15 Å². The van der Waals surface area contributed by atoms with Crippen LogP contribution in [0.15, 0.2) is 23.0 Å². The standard InChI is InChI=1S/C15H14ClN3O4/c16-14-13(15(21)19-4-6-22-5-3-18(14)19)9-1-2-11-10(7-9)17-12(20)8-23-11/h1-2,7H,3-6,8H2,(H,17,20). The zero-order valence-electron chi connectivity index (χ0n) is 12.2. The second-order valence-corrected chi connectivity index (χ2v) is 5.74. The van der Waals surface area contributed by atoms with Crippen LogP contribution in [-0.2, 0) is 22.6 Å². The Morgan fingerprint density at radius 2 is 1.91 bits per heavy atom. The number of hydrogen-bond donors (Lipinski definition) is 1. The molecule has 120 valence electrons. The van der Waals surface area contributed by atoms with Gasteiger partial charge in [0.05, 0.1) is 37.6 Å². The van der Waals surface area contributed by atoms with Gasteiger partial charge in [0, 0.05) is 0 Å². The number of benzene rings is 1. The van der Waals surface area contributed by atoms with Crippen molar-refractivity contribution in [3.8, 4) is 16.9 Å². The zero-order chi connectivity index (χ0) is 16.0. The Hall–Kier alpha value is -2.25. The highest BCUT2D eigenvalue weighted by molar-refractivity contribution is 6.32. The van der Waals surface area contributed by atoms with Crippen molar-refractivity contribution in [2.75, 3.05) is 25.1 Å². The van der Waals surface area contributed by atoms with Crippen molar-refractivity contribution in [3.05, 3.63) is 33.7 Å². The minimum absolute atomic E-state index is 0.00369. The lowest BCUT2D eigenvalue weighted by Crippen LogP contribution is -2.25. The lowest BCUT2D eigenvalue weighted by molar-refractivity contribution is -0.118. The van der Waals surface area contributed by atoms with Crippen molar-refractivity contribution in [1.82, 2.24) is 9.36 Å². The molecule has 2 aromatic rings. The third-order valence-electron chi connectivity index (χ3n) is 3.97. The summed E-state index contributed by atoms with van der Waals surface area (Å²) in [6.45, 7) is 1.98. The molecular formula is C15H14ClN3O4. The third-order valence-corrected chi connectivity index (χ3v) is 4.35. The molecule has 0 saturated heterocycles. The number of rotatable bonds is 1. The third kappa shape index (κ3) is 2.32. The fourth-order valence-corrected chi connectivity index (χ4v) is 3.25. The molecule has 0 atom stereocenters. The number of ether oxygens (including phenoxy) is 2. The van der Waals surface area contributed by atoms with E-state index in [4.69, 9.17) is 21.1 Å². The molecule has 0 bridgehead atoms. The van der Waals surface area contributed by atoms with Gasteiger partial charge in [-0.2, -0.15) is 0 Å². The first-order chi connectivity index (χ1) is 11.1. The molecule has 1 aromatic carbocycles. The molecule has 8 heteroatoms. The number of halogens is 1. The van der Waals surface area contributed by atoms with Crippen molar-refractivity contribution < 1.29 is 14.3 Å². The maximum absolute atomic E-state index is 12.7. The number of carbonyl (C=O) groups is 1. The highest BCUT2D eigenvalue weighted by Crippen LogP contribution is 2.34. The summed E-state index contributed by atoms with van der Waals surface area (Å²) in [5.74, 6) is 0.362. The Kier molecular flexibility index (Phi) is 3.39. The summed E-state index contributed by atoms with van der Waals surface area (Å²) in [5.41, 5.74) is 1.46. The van der Waals surface area contributed by atoms with Crippen LogP contribution in [0.4, 0.5) is 5.69 Å². The van der Waals surface area contributed by atoms with Crippen LogP contribution in [0.5, 0.6) is 5.75 Å². The van der Waals surface area contributed by atoms with Gasteiger partial charge < -0.3 is 14.8 Å². The lowest BCUT2D eigenvalue weighted by Gasteiger charge is -2.18. The van der Waals surface area contributed by atoms with Gasteiger partial charge in [-0.1, -0.05) is 17.7 Å². The van der Waals surface area contributed by atoms with E-state index in [1.165, 1.54) is 0 Å². The van der Waals surface area contributed by atoms with E-state index in [-0.39, 0.29) is 18.1 Å². The summed E-state index contributed by atoms with van der Waals surface area (Å²) in [6.07, 6.45) is 0. The van der Waals surface area contributed by atoms with Crippen molar-refractivity contribution in [2.24, 2.45) is 0 Å². The molecule has 3 heterocycles. The smallest absolute Gasteiger partial charge is 0.276 e. The number of nitrogens with one attached hydrogen (secondary N) is 1. The average Bonchev–Trinajstić information content (AvgIpc) is 2.73. The molecule has 0 unspecified atom stereocenters. The quantitative estimate of drug-likeness (QED) is 0.853. The predicted molar refractivity (Wildman–Crippen MR) is 84.1 cm³/mol. The van der Waals surface area contributed by atoms with Gasteiger partial charge >= 0.3 is 0 Å². The molecule has 0 aliphatic carbocycles. The van der Waals surface area contributed by atoms with Gasteiger partial charge in [0.2, 0.25) is 0 Å². The van der Waals surface area contributed by atoms with Crippen LogP contribution in [0.25, 0.3) is 11.1 Å². The predicted octanol–water partition coefficient (Wildman–Crippen LogP) is 1.33. The topological polar surface area (TPSA) is 74.5 Å². The van der Waals surface area contributed by atoms with Crippen molar-refractivity contribution >= 4 is 23.2 Å². The van der Waals surface area contributed by atoms with Crippen LogP contribution < -0.4 is 15.6 Å². The first-order valence-corrected chi connectivity index (χ1v) is 7.67. The molecule has 2 aliphatic rings. The molecule has 0 fully saturated rings. The molecule has 1 amide bonds. The van der Waals surface area contributed by atoms with Gasteiger partial charge in [-0.25, -0.2) is 4.68 Å². The van der Waals surface area contributed by atoms with Crippen LogP contribution >= 0.6 is 11.6 Å². The Labute approximate surface area is 136 Å². The highest BCUT2D eigenvalue weighted by Gasteiger charge is 2.23. The maximum atomic E-state index is 12.7. The van der Waals surface area contributed by atoms with E-state index in [1.807, 2.05) is 0 Å². The van der Waals surface area contributed by atoms with Crippen LogP contribution in [-0.4, -0.2) is 35.1 Å². The normalized spacial score (nSPS) is 16.8. The van der Waals surface area contributed by atoms with Crippen LogP contribution in [0.1, 0.15) is 0 Å². The minimum atomic E-state index is -0.220. The molecule has 2 aliphatic heterocycles. The van der Waals surface area contributed by atoms with Crippen LogP contribution in [0.3, 0.4) is 0 Å². The zero-order valence-corrected chi connectivity index (χ0v) is 12.9. The summed E-state index contributed by atoms with van der Waals surface area (Å²) >= 11 is 6.43. The van der Waals surface area contributed by atoms with Crippen LogP contribution in [0, 0.1) is 0 Å². The second-order valence-electron chi connectivity index (χ2n) is 5.38. The van der Waals surface area contributed by atoms with E-state index < -0.39 is 0 Å². The van der Waals surface area contributed by atoms with E-state index in [0.29, 0.717) is 54.0 Å². The van der Waals surface area contributed by atoms with E-state index in [1.54, 1.807) is 27.6 Å². The number of fused-ring (bicyclic) bond motifs is 2. The Morgan fingerprint density at radius 3 is 2.74 bits per heavy atom. The van der Waals surface area contributed by atoms with Gasteiger partial charge in [-0.15, -0.1) is 0 Å². The van der Waals surface area contributed by atoms with E-state index in [0.717, 1.165) is 0 Å². The molecule has 7 nitrogen and oxygen atoms in total. The summed E-state index contributed by atoms with van der Waals surface area (Å²) < 4.78 is 14.0. The van der Waals surface area contributed by atoms with Gasteiger partial charge in [0.25, 0.3) is 11.5 Å². The molecule has 0 saturated carbocycles. The number of amides is 1. The van der Waals surface area contributed by atoms with Gasteiger partial charge in [-0.05, 0) is 17.7 Å². The molecule has 0 spiro atoms. The summed E-state index contributed by atoms with van der Waals surface area (Å²) in [7, 11) is 0. The monoisotopic (exact) mass is 335 g/mol. The number of anilines is 1. The van der Waals surface area contributed by atoms with Gasteiger partial charge in [0.15, 0.2) is 6.61 Å². The number of carbonyl (C=O) groups excluding carboxylic acids is 1. The first kappa shape index (κ1) is 14.3. The fourth-order valence-electron chi connectivity index (χ4n) is 2.89. The number of hydrogen-bond acceptors (Lipinski definition) is 4. The number of nitrogens with zero attached hydrogens (tertiary/aromatic N) is 2. The van der Waals surface area contributed by atoms with E-state index >= 15 is 0 Å². The first-order valence-electron chi connectivity index (χ1n) is 7.29. The van der Waals surface area contributed by atoms with Crippen molar-refractivity contribution in [1.29, 1.82) is 0 Å². The molecule has 0 radical (unpaired) electrons. The Morgan fingerprint density at radius 1 is 1.13 bits per heavy atom. The molecule has 4 rings (SSSR count). The molecular weight excluding hydrogens is 322 g/mol. The van der Waals surface area contributed by atoms with Crippen molar-refractivity contribution in [2.45, 2.75) is 13.1 Å². The second kappa shape index (κ2) is 5.43. The average molecular weight is 336 g/mol. The Balaban J connectivity index is 1.84. The maximum Gasteiger partial charge on any atom is 0.276 e. The SMILES string of the molecule is O=C1COc2ccc(-c3c(Cl)n4n(c3=O)CCOCC4)cc2N1. The molecule has 23 heavy (non-hydrogen) atoms. The van der Waals surface area contributed by atoms with Gasteiger partial charge in [0.1, 0.15) is 10.9 Å². The number of aromatic nitrogens is 2. The summed E-state index contributed by atoms with van der Waals surface area (Å²) in [4.78, 5) is 24.2. The Bertz CT molecular complexity index is 855. The van der Waals surface area contributed by atoms with E-state index in [9.17, 15) is 9.59 Å². The lowest BCUT2D eigenvalue weighted by atomic mass is 10.1. The fraction of sp³-hybridized carbons (Fsp3) is 0.333. The largest absolute Gasteiger partial charge is 0.482 e. The van der Waals surface area contributed by atoms with Crippen molar-refractivity contribution in [3.63, 3.8) is 0 Å². The summed E-state index contributed by atoms with van der Waals surface area (Å²) in [5, 5.41) is 3.12. The summed E-state index contributed by atoms with van der Waals surface area (Å²) in [6, 6.07) is 5.22. The van der Waals surface area contributed by atoms with Gasteiger partial charge in [-0.3, -0.25) is 14.3 Å². The molecule has 1 N–H and O–H groups in total.